The molecule has 0 saturated heterocycles. The Kier molecular flexibility index (Phi) is 8.59. The summed E-state index contributed by atoms with van der Waals surface area (Å²) in [5.74, 6) is -5.87. The highest BCUT2D eigenvalue weighted by Gasteiger charge is 2.49. The van der Waals surface area contributed by atoms with Crippen molar-refractivity contribution in [2.75, 3.05) is 11.4 Å². The molecule has 1 aliphatic heterocycles. The Balaban J connectivity index is 1.57. The second-order valence-electron chi connectivity index (χ2n) is 11.7. The summed E-state index contributed by atoms with van der Waals surface area (Å²) in [6.07, 6.45) is -6.47. The van der Waals surface area contributed by atoms with Crippen molar-refractivity contribution in [2.45, 2.75) is 44.1 Å². The first-order valence-corrected chi connectivity index (χ1v) is 15.2. The van der Waals surface area contributed by atoms with Crippen molar-refractivity contribution >= 4 is 23.4 Å². The summed E-state index contributed by atoms with van der Waals surface area (Å²) in [7, 11) is 0. The molecule has 3 aromatic carbocycles. The van der Waals surface area contributed by atoms with Gasteiger partial charge in [0.2, 0.25) is 0 Å². The number of nitrogens with one attached hydrogen (secondary N) is 1. The van der Waals surface area contributed by atoms with Gasteiger partial charge < -0.3 is 5.32 Å². The number of rotatable bonds is 7. The van der Waals surface area contributed by atoms with Crippen molar-refractivity contribution in [2.24, 2.45) is 11.8 Å². The normalized spacial score (nSPS) is 22.2. The van der Waals surface area contributed by atoms with E-state index in [0.29, 0.717) is 17.3 Å². The fourth-order valence-electron chi connectivity index (χ4n) is 6.61. The van der Waals surface area contributed by atoms with Crippen LogP contribution in [-0.4, -0.2) is 46.1 Å². The standard InChI is InChI=1S/C35H28F5N5O3/c1-2-44-33-28(29(43-45(33)25-9-4-3-5-10-25)31(46)26-17-24(37)16-21(26)18-41)27(19-11-13-23(36)14-12-19)30(34(44)48)42-32(47)20-7-6-8-22(15-20)35(38,39)40/h3-15,21,24,26-27,30H,2,16-17H2,1H3,(H,42,47)/t21-,24+,26?,27-,30-/m0/s1. The largest absolute Gasteiger partial charge is 0.416 e. The van der Waals surface area contributed by atoms with Gasteiger partial charge in [0.25, 0.3) is 11.8 Å². The number of aromatic nitrogens is 2. The molecule has 1 unspecified atom stereocenters. The van der Waals surface area contributed by atoms with E-state index < -0.39 is 65.1 Å². The van der Waals surface area contributed by atoms with Gasteiger partial charge in [0, 0.05) is 29.5 Å². The van der Waals surface area contributed by atoms with Crippen LogP contribution in [0.1, 0.15) is 63.2 Å². The molecule has 5 atom stereocenters. The number of carbonyl (C=O) groups excluding carboxylic acids is 3. The van der Waals surface area contributed by atoms with Gasteiger partial charge in [-0.2, -0.15) is 23.5 Å². The highest BCUT2D eigenvalue weighted by molar-refractivity contribution is 6.08. The van der Waals surface area contributed by atoms with Crippen LogP contribution in [0.15, 0.2) is 78.9 Å². The van der Waals surface area contributed by atoms with Crippen LogP contribution in [-0.2, 0) is 11.0 Å². The van der Waals surface area contributed by atoms with E-state index in [9.17, 15) is 41.6 Å². The molecule has 13 heteroatoms. The van der Waals surface area contributed by atoms with Gasteiger partial charge in [0.1, 0.15) is 29.5 Å². The fourth-order valence-corrected chi connectivity index (χ4v) is 6.61. The van der Waals surface area contributed by atoms with Crippen LogP contribution in [0.2, 0.25) is 0 Å². The second-order valence-corrected chi connectivity index (χ2v) is 11.7. The summed E-state index contributed by atoms with van der Waals surface area (Å²) in [6, 6.07) is 17.9. The van der Waals surface area contributed by atoms with Crippen LogP contribution >= 0.6 is 0 Å². The second kappa shape index (κ2) is 12.7. The number of benzene rings is 3. The van der Waals surface area contributed by atoms with Crippen LogP contribution in [0.3, 0.4) is 0 Å². The third-order valence-corrected chi connectivity index (χ3v) is 8.85. The zero-order valence-corrected chi connectivity index (χ0v) is 25.4. The average molecular weight is 662 g/mol. The molecule has 2 aliphatic rings. The Morgan fingerprint density at radius 1 is 1.02 bits per heavy atom. The molecule has 8 nitrogen and oxygen atoms in total. The molecule has 1 saturated carbocycles. The number of hydrogen-bond donors (Lipinski definition) is 1. The molecule has 6 rings (SSSR count). The van der Waals surface area contributed by atoms with E-state index >= 15 is 0 Å². The highest BCUT2D eigenvalue weighted by Crippen LogP contribution is 2.46. The Morgan fingerprint density at radius 3 is 2.38 bits per heavy atom. The van der Waals surface area contributed by atoms with E-state index in [1.165, 1.54) is 27.8 Å². The molecule has 2 amide bonds. The number of ketones is 1. The first kappa shape index (κ1) is 32.6. The van der Waals surface area contributed by atoms with Gasteiger partial charge in [-0.3, -0.25) is 19.3 Å². The van der Waals surface area contributed by atoms with E-state index in [0.717, 1.165) is 24.3 Å². The van der Waals surface area contributed by atoms with Crippen molar-refractivity contribution in [3.05, 3.63) is 113 Å². The van der Waals surface area contributed by atoms with Gasteiger partial charge in [0.15, 0.2) is 5.78 Å². The summed E-state index contributed by atoms with van der Waals surface area (Å²) in [4.78, 5) is 43.6. The Bertz CT molecular complexity index is 1920. The van der Waals surface area contributed by atoms with Gasteiger partial charge in [-0.05, 0) is 67.8 Å². The van der Waals surface area contributed by atoms with Gasteiger partial charge in [-0.25, -0.2) is 13.5 Å². The average Bonchev–Trinajstić information content (AvgIpc) is 3.66. The molecule has 1 fully saturated rings. The lowest BCUT2D eigenvalue weighted by molar-refractivity contribution is -0.137. The maximum absolute atomic E-state index is 14.6. The maximum atomic E-state index is 14.6. The van der Waals surface area contributed by atoms with Crippen molar-refractivity contribution in [1.29, 1.82) is 5.26 Å². The molecule has 0 bridgehead atoms. The van der Waals surface area contributed by atoms with Crippen LogP contribution in [0, 0.1) is 29.0 Å². The topological polar surface area (TPSA) is 108 Å². The highest BCUT2D eigenvalue weighted by atomic mass is 19.4. The first-order chi connectivity index (χ1) is 22.9. The lowest BCUT2D eigenvalue weighted by Crippen LogP contribution is -2.55. The number of hydrogen-bond acceptors (Lipinski definition) is 5. The van der Waals surface area contributed by atoms with Crippen molar-refractivity contribution < 1.29 is 36.3 Å². The third kappa shape index (κ3) is 5.83. The van der Waals surface area contributed by atoms with E-state index in [1.54, 1.807) is 37.3 Å². The monoisotopic (exact) mass is 661 g/mol. The molecule has 246 valence electrons. The van der Waals surface area contributed by atoms with Gasteiger partial charge >= 0.3 is 6.18 Å². The minimum Gasteiger partial charge on any atom is -0.339 e. The van der Waals surface area contributed by atoms with E-state index in [2.05, 4.69) is 10.4 Å². The number of alkyl halides is 4. The summed E-state index contributed by atoms with van der Waals surface area (Å²) in [6.45, 7) is 1.69. The SMILES string of the molecule is CCN1C(=O)[C@@H](NC(=O)c2cccc(C(F)(F)F)c2)[C@@H](c2ccc(F)cc2)c2c(C(=O)C3C[C@H](F)C[C@H]3C#N)nn(-c3ccccc3)c21. The molecule has 4 aromatic rings. The molecule has 2 heterocycles. The van der Waals surface area contributed by atoms with Crippen molar-refractivity contribution in [3.8, 4) is 11.8 Å². The minimum atomic E-state index is -4.73. The number of carbonyl (C=O) groups is 3. The zero-order valence-electron chi connectivity index (χ0n) is 25.4. The van der Waals surface area contributed by atoms with E-state index in [-0.39, 0.29) is 42.0 Å². The lowest BCUT2D eigenvalue weighted by atomic mass is 9.78. The number of Topliss-reactive ketones (excluding diaryl/α,β-unsaturated/α-hetero) is 1. The quantitative estimate of drug-likeness (QED) is 0.182. The van der Waals surface area contributed by atoms with E-state index in [4.69, 9.17) is 0 Å². The molecule has 1 aromatic heterocycles. The predicted molar refractivity (Wildman–Crippen MR) is 164 cm³/mol. The number of para-hydroxylation sites is 1. The molecule has 1 N–H and O–H groups in total. The lowest BCUT2D eigenvalue weighted by Gasteiger charge is -2.38. The third-order valence-electron chi connectivity index (χ3n) is 8.85. The molecule has 0 radical (unpaired) electrons. The summed E-state index contributed by atoms with van der Waals surface area (Å²) in [5.41, 5.74) is -0.654. The Labute approximate surface area is 271 Å². The number of halogens is 5. The van der Waals surface area contributed by atoms with Crippen LogP contribution in [0.5, 0.6) is 0 Å². The summed E-state index contributed by atoms with van der Waals surface area (Å²) < 4.78 is 70.6. The molecular formula is C35H28F5N5O3. The first-order valence-electron chi connectivity index (χ1n) is 15.2. The smallest absolute Gasteiger partial charge is 0.339 e. The summed E-state index contributed by atoms with van der Waals surface area (Å²) >= 11 is 0. The minimum absolute atomic E-state index is 0.0286. The molecule has 48 heavy (non-hydrogen) atoms. The predicted octanol–water partition coefficient (Wildman–Crippen LogP) is 6.40. The van der Waals surface area contributed by atoms with Gasteiger partial charge in [-0.15, -0.1) is 0 Å². The Morgan fingerprint density at radius 2 is 1.73 bits per heavy atom. The number of likely N-dealkylation sites (N-methyl/N-ethyl adjacent to an activating group) is 1. The van der Waals surface area contributed by atoms with Crippen molar-refractivity contribution in [1.82, 2.24) is 15.1 Å². The maximum Gasteiger partial charge on any atom is 0.416 e. The number of nitriles is 1. The summed E-state index contributed by atoms with van der Waals surface area (Å²) in [5, 5.41) is 17.0. The molecule has 0 spiro atoms. The fraction of sp³-hybridized carbons (Fsp3) is 0.286. The van der Waals surface area contributed by atoms with E-state index in [1.807, 2.05) is 6.07 Å². The molecule has 1 aliphatic carbocycles. The van der Waals surface area contributed by atoms with Crippen molar-refractivity contribution in [3.63, 3.8) is 0 Å². The zero-order chi connectivity index (χ0) is 34.3. The number of nitrogens with zero attached hydrogens (tertiary/aromatic N) is 4. The van der Waals surface area contributed by atoms with Gasteiger partial charge in [0.05, 0.1) is 23.2 Å². The van der Waals surface area contributed by atoms with Gasteiger partial charge in [-0.1, -0.05) is 36.4 Å². The van der Waals surface area contributed by atoms with Crippen LogP contribution < -0.4 is 10.2 Å². The molecular weight excluding hydrogens is 633 g/mol. The Hall–Kier alpha value is -5.38. The number of anilines is 1. The van der Waals surface area contributed by atoms with Crippen LogP contribution in [0.25, 0.3) is 5.69 Å². The number of fused-ring (bicyclic) bond motifs is 1. The number of amides is 2. The van der Waals surface area contributed by atoms with Crippen LogP contribution in [0.4, 0.5) is 27.8 Å².